The van der Waals surface area contributed by atoms with Crippen LogP contribution in [0.3, 0.4) is 0 Å². The summed E-state index contributed by atoms with van der Waals surface area (Å²) in [6.07, 6.45) is 6.76. The van der Waals surface area contributed by atoms with Crippen molar-refractivity contribution in [2.75, 3.05) is 5.32 Å². The molecule has 0 aromatic carbocycles. The van der Waals surface area contributed by atoms with Crippen LogP contribution in [-0.4, -0.2) is 30.5 Å². The van der Waals surface area contributed by atoms with Gasteiger partial charge in [-0.25, -0.2) is 14.4 Å². The minimum absolute atomic E-state index is 0.0491. The number of halogens is 1. The molecule has 1 unspecified atom stereocenters. The molecule has 0 spiro atoms. The molecule has 1 amide bonds. The van der Waals surface area contributed by atoms with Gasteiger partial charge in [-0.2, -0.15) is 0 Å². The van der Waals surface area contributed by atoms with Crippen LogP contribution in [0.2, 0.25) is 0 Å². The highest BCUT2D eigenvalue weighted by Gasteiger charge is 2.31. The number of fused-ring (bicyclic) bond motifs is 3. The van der Waals surface area contributed by atoms with Crippen molar-refractivity contribution in [1.29, 1.82) is 0 Å². The van der Waals surface area contributed by atoms with Crippen LogP contribution in [0.4, 0.5) is 10.3 Å². The average molecular weight is 354 g/mol. The van der Waals surface area contributed by atoms with Crippen molar-refractivity contribution >= 4 is 17.5 Å². The highest BCUT2D eigenvalue weighted by Crippen LogP contribution is 2.40. The Bertz CT molecular complexity index is 968. The summed E-state index contributed by atoms with van der Waals surface area (Å²) >= 11 is 0. The predicted octanol–water partition coefficient (Wildman–Crippen LogP) is 2.99. The standard InChI is InChI=1S/C18H19FN6O/c1-3-10(2)12-4-5-15-13(12)6-14(16-24-22-9-25(15)16)17(26)23-18-20-7-11(19)8-21-18/h6-10,12H,3-5H2,1-2H3,(H,20,21,23,26)/t10-,12?/m0/s1. The van der Waals surface area contributed by atoms with E-state index in [1.165, 1.54) is 11.3 Å². The zero-order valence-electron chi connectivity index (χ0n) is 14.6. The highest BCUT2D eigenvalue weighted by molar-refractivity contribution is 6.07. The third-order valence-electron chi connectivity index (χ3n) is 5.23. The Balaban J connectivity index is 1.75. The highest BCUT2D eigenvalue weighted by atomic mass is 19.1. The van der Waals surface area contributed by atoms with Crippen LogP contribution in [0.1, 0.15) is 54.2 Å². The number of nitrogens with one attached hydrogen (secondary N) is 1. The first kappa shape index (κ1) is 16.6. The van der Waals surface area contributed by atoms with Crippen LogP contribution in [-0.2, 0) is 6.42 Å². The first-order chi connectivity index (χ1) is 12.6. The van der Waals surface area contributed by atoms with Gasteiger partial charge < -0.3 is 0 Å². The number of aryl methyl sites for hydroxylation is 1. The number of rotatable bonds is 4. The molecule has 26 heavy (non-hydrogen) atoms. The van der Waals surface area contributed by atoms with E-state index < -0.39 is 5.82 Å². The van der Waals surface area contributed by atoms with Crippen molar-refractivity contribution in [3.05, 3.63) is 47.4 Å². The van der Waals surface area contributed by atoms with Crippen LogP contribution in [0.15, 0.2) is 24.8 Å². The van der Waals surface area contributed by atoms with Crippen molar-refractivity contribution in [2.24, 2.45) is 5.92 Å². The van der Waals surface area contributed by atoms with Gasteiger partial charge in [0.15, 0.2) is 11.5 Å². The molecule has 3 aromatic heterocycles. The van der Waals surface area contributed by atoms with Gasteiger partial charge in [0.1, 0.15) is 6.33 Å². The first-order valence-electron chi connectivity index (χ1n) is 8.73. The van der Waals surface area contributed by atoms with E-state index in [1.54, 1.807) is 6.33 Å². The van der Waals surface area contributed by atoms with Gasteiger partial charge in [0.05, 0.1) is 18.0 Å². The van der Waals surface area contributed by atoms with Crippen LogP contribution in [0, 0.1) is 11.7 Å². The van der Waals surface area contributed by atoms with Gasteiger partial charge >= 0.3 is 0 Å². The number of hydrogen-bond donors (Lipinski definition) is 1. The number of carbonyl (C=O) groups excluding carboxylic acids is 1. The molecule has 0 saturated heterocycles. The average Bonchev–Trinajstić information content (AvgIpc) is 3.28. The normalized spacial score (nSPS) is 17.3. The molecule has 1 aliphatic carbocycles. The number of amides is 1. The van der Waals surface area contributed by atoms with Gasteiger partial charge in [0, 0.05) is 5.69 Å². The maximum atomic E-state index is 13.0. The summed E-state index contributed by atoms with van der Waals surface area (Å²) in [5.41, 5.74) is 3.28. The number of aromatic nitrogens is 5. The fourth-order valence-electron chi connectivity index (χ4n) is 3.68. The molecule has 1 N–H and O–H groups in total. The summed E-state index contributed by atoms with van der Waals surface area (Å²) in [5, 5.41) is 10.7. The Morgan fingerprint density at radius 3 is 2.92 bits per heavy atom. The van der Waals surface area contributed by atoms with E-state index in [0.29, 0.717) is 23.0 Å². The summed E-state index contributed by atoms with van der Waals surface area (Å²) < 4.78 is 14.9. The van der Waals surface area contributed by atoms with Crippen LogP contribution >= 0.6 is 0 Å². The number of nitrogens with zero attached hydrogens (tertiary/aromatic N) is 5. The van der Waals surface area contributed by atoms with Gasteiger partial charge in [-0.1, -0.05) is 20.3 Å². The topological polar surface area (TPSA) is 85.1 Å². The lowest BCUT2D eigenvalue weighted by molar-refractivity contribution is 0.102. The minimum Gasteiger partial charge on any atom is -0.290 e. The third-order valence-corrected chi connectivity index (χ3v) is 5.23. The molecule has 134 valence electrons. The van der Waals surface area contributed by atoms with E-state index >= 15 is 0 Å². The van der Waals surface area contributed by atoms with Crippen LogP contribution in [0.5, 0.6) is 0 Å². The van der Waals surface area contributed by atoms with Gasteiger partial charge in [-0.05, 0) is 36.3 Å². The maximum absolute atomic E-state index is 13.0. The fraction of sp³-hybridized carbons (Fsp3) is 0.389. The predicted molar refractivity (Wildman–Crippen MR) is 93.4 cm³/mol. The summed E-state index contributed by atoms with van der Waals surface area (Å²) in [6.45, 7) is 4.42. The molecule has 3 aromatic rings. The third kappa shape index (κ3) is 2.71. The first-order valence-corrected chi connectivity index (χ1v) is 8.73. The number of anilines is 1. The van der Waals surface area contributed by atoms with Gasteiger partial charge in [0.25, 0.3) is 5.91 Å². The molecule has 7 nitrogen and oxygen atoms in total. The lowest BCUT2D eigenvalue weighted by atomic mass is 9.87. The number of carbonyl (C=O) groups is 1. The largest absolute Gasteiger partial charge is 0.290 e. The van der Waals surface area contributed by atoms with E-state index in [-0.39, 0.29) is 11.9 Å². The Morgan fingerprint density at radius 1 is 1.42 bits per heavy atom. The molecule has 8 heteroatoms. The zero-order valence-corrected chi connectivity index (χ0v) is 14.6. The van der Waals surface area contributed by atoms with Crippen LogP contribution < -0.4 is 5.32 Å². The van der Waals surface area contributed by atoms with E-state index in [0.717, 1.165) is 31.7 Å². The van der Waals surface area contributed by atoms with Gasteiger partial charge in [-0.3, -0.25) is 14.5 Å². The Kier molecular flexibility index (Phi) is 4.10. The van der Waals surface area contributed by atoms with Crippen molar-refractivity contribution in [2.45, 2.75) is 39.0 Å². The SMILES string of the molecule is CC[C@H](C)C1CCc2c1cc(C(=O)Nc1ncc(F)cn1)c1nncn21. The number of pyridine rings is 1. The van der Waals surface area contributed by atoms with E-state index in [9.17, 15) is 9.18 Å². The second-order valence-electron chi connectivity index (χ2n) is 6.69. The maximum Gasteiger partial charge on any atom is 0.261 e. The van der Waals surface area contributed by atoms with Crippen molar-refractivity contribution in [1.82, 2.24) is 24.6 Å². The molecule has 1 aliphatic rings. The fourth-order valence-corrected chi connectivity index (χ4v) is 3.68. The summed E-state index contributed by atoms with van der Waals surface area (Å²) in [6, 6.07) is 1.92. The molecule has 2 atom stereocenters. The lowest BCUT2D eigenvalue weighted by Gasteiger charge is -2.19. The molecule has 0 aliphatic heterocycles. The lowest BCUT2D eigenvalue weighted by Crippen LogP contribution is -2.17. The molecule has 0 radical (unpaired) electrons. The second kappa shape index (κ2) is 6.44. The number of hydrogen-bond acceptors (Lipinski definition) is 5. The molecule has 0 saturated carbocycles. The zero-order chi connectivity index (χ0) is 18.3. The second-order valence-corrected chi connectivity index (χ2v) is 6.69. The smallest absolute Gasteiger partial charge is 0.261 e. The Hall–Kier alpha value is -2.90. The molecule has 3 heterocycles. The molecular weight excluding hydrogens is 335 g/mol. The summed E-state index contributed by atoms with van der Waals surface area (Å²) in [7, 11) is 0. The Morgan fingerprint density at radius 2 is 2.19 bits per heavy atom. The van der Waals surface area contributed by atoms with Crippen molar-refractivity contribution < 1.29 is 9.18 Å². The molecule has 0 fully saturated rings. The van der Waals surface area contributed by atoms with Gasteiger partial charge in [0.2, 0.25) is 5.95 Å². The molecular formula is C18H19FN6O. The summed E-state index contributed by atoms with van der Waals surface area (Å²) in [5.74, 6) is 0.0500. The molecule has 0 bridgehead atoms. The summed E-state index contributed by atoms with van der Waals surface area (Å²) in [4.78, 5) is 20.3. The minimum atomic E-state index is -0.559. The van der Waals surface area contributed by atoms with E-state index in [1.807, 2.05) is 10.5 Å². The van der Waals surface area contributed by atoms with E-state index in [4.69, 9.17) is 0 Å². The van der Waals surface area contributed by atoms with Gasteiger partial charge in [-0.15, -0.1) is 10.2 Å². The van der Waals surface area contributed by atoms with Crippen molar-refractivity contribution in [3.8, 4) is 0 Å². The van der Waals surface area contributed by atoms with Crippen LogP contribution in [0.25, 0.3) is 5.65 Å². The van der Waals surface area contributed by atoms with Crippen molar-refractivity contribution in [3.63, 3.8) is 0 Å². The monoisotopic (exact) mass is 354 g/mol. The Labute approximate surface area is 149 Å². The molecule has 4 rings (SSSR count). The quantitative estimate of drug-likeness (QED) is 0.778. The van der Waals surface area contributed by atoms with E-state index in [2.05, 4.69) is 39.3 Å².